The number of hydrogen-bond acceptors (Lipinski definition) is 7. The number of aromatic carboxylic acids is 1. The molecule has 1 N–H and O–H groups in total. The van der Waals surface area contributed by atoms with E-state index in [0.29, 0.717) is 46.2 Å². The van der Waals surface area contributed by atoms with E-state index in [-0.39, 0.29) is 18.0 Å². The first-order valence-corrected chi connectivity index (χ1v) is 14.9. The summed E-state index contributed by atoms with van der Waals surface area (Å²) in [5.74, 6) is 0.703. The first-order valence-electron chi connectivity index (χ1n) is 14.0. The molecule has 44 heavy (non-hydrogen) atoms. The Hall–Kier alpha value is -5.02. The van der Waals surface area contributed by atoms with Crippen molar-refractivity contribution < 1.29 is 28.9 Å². The minimum Gasteiger partial charge on any atom is -0.497 e. The van der Waals surface area contributed by atoms with E-state index in [4.69, 9.17) is 19.2 Å². The van der Waals surface area contributed by atoms with Crippen molar-refractivity contribution in [3.8, 4) is 17.2 Å². The van der Waals surface area contributed by atoms with Gasteiger partial charge in [0.2, 0.25) is 0 Å². The van der Waals surface area contributed by atoms with Gasteiger partial charge in [-0.25, -0.2) is 9.79 Å². The maximum absolute atomic E-state index is 13.7. The molecule has 1 heterocycles. The number of rotatable bonds is 11. The second-order valence-corrected chi connectivity index (χ2v) is 11.0. The third-order valence-corrected chi connectivity index (χ3v) is 7.78. The molecule has 1 fully saturated rings. The van der Waals surface area contributed by atoms with E-state index in [1.165, 1.54) is 23.9 Å². The monoisotopic (exact) mass is 608 g/mol. The average Bonchev–Trinajstić information content (AvgIpc) is 3.30. The molecular weight excluding hydrogens is 576 g/mol. The van der Waals surface area contributed by atoms with Crippen molar-refractivity contribution >= 4 is 40.6 Å². The lowest BCUT2D eigenvalue weighted by Gasteiger charge is -2.16. The lowest BCUT2D eigenvalue weighted by Crippen LogP contribution is -2.28. The fourth-order valence-electron chi connectivity index (χ4n) is 4.55. The van der Waals surface area contributed by atoms with E-state index in [2.05, 4.69) is 6.07 Å². The minimum atomic E-state index is -1.01. The summed E-state index contributed by atoms with van der Waals surface area (Å²) in [6, 6.07) is 27.5. The molecule has 8 nitrogen and oxygen atoms in total. The highest BCUT2D eigenvalue weighted by Gasteiger charge is 2.33. The zero-order valence-corrected chi connectivity index (χ0v) is 25.5. The second-order valence-electron chi connectivity index (χ2n) is 10.0. The number of nitrogens with zero attached hydrogens (tertiary/aromatic N) is 2. The van der Waals surface area contributed by atoms with Gasteiger partial charge in [-0.3, -0.25) is 9.69 Å². The number of methoxy groups -OCH3 is 1. The molecule has 0 bridgehead atoms. The fraction of sp³-hybridized carbons (Fsp3) is 0.171. The van der Waals surface area contributed by atoms with Crippen LogP contribution in [-0.2, 0) is 17.9 Å². The molecular formula is C35H32N2O6S. The van der Waals surface area contributed by atoms with Gasteiger partial charge in [0.1, 0.15) is 12.4 Å². The SMILES string of the molecule is CCOc1cc(/C=C2\SC(=Nc3ccc(OC)cc3)N(Cc3ccc(C(=O)O)cc3)C2=O)ccc1OCc1cccc(C)c1. The lowest BCUT2D eigenvalue weighted by atomic mass is 10.1. The van der Waals surface area contributed by atoms with Crippen LogP contribution in [0.2, 0.25) is 0 Å². The smallest absolute Gasteiger partial charge is 0.335 e. The topological polar surface area (TPSA) is 97.7 Å². The number of carboxylic acids is 1. The van der Waals surface area contributed by atoms with Crippen LogP contribution in [0.4, 0.5) is 5.69 Å². The van der Waals surface area contributed by atoms with Gasteiger partial charge in [-0.05, 0) is 96.9 Å². The fourth-order valence-corrected chi connectivity index (χ4v) is 5.55. The van der Waals surface area contributed by atoms with Crippen LogP contribution in [0.15, 0.2) is 101 Å². The maximum atomic E-state index is 13.7. The highest BCUT2D eigenvalue weighted by Crippen LogP contribution is 2.37. The lowest BCUT2D eigenvalue weighted by molar-refractivity contribution is -0.122. The first kappa shape index (κ1) is 30.4. The van der Waals surface area contributed by atoms with Gasteiger partial charge in [-0.15, -0.1) is 0 Å². The molecule has 4 aromatic rings. The molecule has 1 aliphatic heterocycles. The van der Waals surface area contributed by atoms with Crippen molar-refractivity contribution in [1.82, 2.24) is 4.90 Å². The summed E-state index contributed by atoms with van der Waals surface area (Å²) in [5, 5.41) is 9.77. The van der Waals surface area contributed by atoms with Crippen LogP contribution in [-0.4, -0.2) is 40.8 Å². The van der Waals surface area contributed by atoms with E-state index < -0.39 is 5.97 Å². The predicted octanol–water partition coefficient (Wildman–Crippen LogP) is 7.48. The molecule has 0 unspecified atom stereocenters. The Kier molecular flexibility index (Phi) is 9.66. The molecule has 0 radical (unpaired) electrons. The Labute approximate surface area is 260 Å². The standard InChI is InChI=1S/C35H32N2O6S/c1-4-42-31-19-25(10-17-30(31)43-22-26-7-5-6-23(2)18-26)20-32-33(38)37(21-24-8-11-27(12-9-24)34(39)40)35(44-32)36-28-13-15-29(41-3)16-14-28/h5-20H,4,21-22H2,1-3H3,(H,39,40)/b32-20-,36-35?. The molecule has 1 amide bonds. The number of carboxylic acid groups (broad SMARTS) is 1. The van der Waals surface area contributed by atoms with E-state index in [9.17, 15) is 14.7 Å². The van der Waals surface area contributed by atoms with Gasteiger partial charge in [0.05, 0.1) is 36.4 Å². The van der Waals surface area contributed by atoms with Crippen LogP contribution in [0.5, 0.6) is 17.2 Å². The average molecular weight is 609 g/mol. The number of carbonyl (C=O) groups is 2. The molecule has 0 aromatic heterocycles. The summed E-state index contributed by atoms with van der Waals surface area (Å²) in [6.07, 6.45) is 1.82. The quantitative estimate of drug-likeness (QED) is 0.176. The van der Waals surface area contributed by atoms with Gasteiger partial charge in [0.15, 0.2) is 16.7 Å². The Balaban J connectivity index is 1.42. The molecule has 1 aliphatic rings. The molecule has 1 saturated heterocycles. The second kappa shape index (κ2) is 14.0. The van der Waals surface area contributed by atoms with Crippen molar-refractivity contribution in [2.24, 2.45) is 4.99 Å². The van der Waals surface area contributed by atoms with Crippen molar-refractivity contribution in [1.29, 1.82) is 0 Å². The first-order chi connectivity index (χ1) is 21.3. The summed E-state index contributed by atoms with van der Waals surface area (Å²) in [5.41, 5.74) is 4.64. The maximum Gasteiger partial charge on any atom is 0.335 e. The highest BCUT2D eigenvalue weighted by atomic mass is 32.2. The highest BCUT2D eigenvalue weighted by molar-refractivity contribution is 8.18. The van der Waals surface area contributed by atoms with E-state index >= 15 is 0 Å². The molecule has 5 rings (SSSR count). The molecule has 0 spiro atoms. The molecule has 0 saturated carbocycles. The summed E-state index contributed by atoms with van der Waals surface area (Å²) in [4.78, 5) is 31.9. The van der Waals surface area contributed by atoms with Gasteiger partial charge in [0, 0.05) is 0 Å². The normalized spacial score (nSPS) is 14.7. The number of amidine groups is 1. The number of amides is 1. The number of ether oxygens (including phenoxy) is 3. The van der Waals surface area contributed by atoms with E-state index in [0.717, 1.165) is 22.3 Å². The largest absolute Gasteiger partial charge is 0.497 e. The third kappa shape index (κ3) is 7.48. The summed E-state index contributed by atoms with van der Waals surface area (Å²) >= 11 is 1.28. The number of aliphatic imine (C=N–C) groups is 1. The van der Waals surface area contributed by atoms with Crippen LogP contribution in [0.3, 0.4) is 0 Å². The van der Waals surface area contributed by atoms with E-state index in [1.54, 1.807) is 24.1 Å². The molecule has 9 heteroatoms. The Morgan fingerprint density at radius 3 is 2.39 bits per heavy atom. The number of carbonyl (C=O) groups excluding carboxylic acids is 1. The van der Waals surface area contributed by atoms with Crippen LogP contribution in [0.1, 0.15) is 39.5 Å². The summed E-state index contributed by atoms with van der Waals surface area (Å²) < 4.78 is 17.2. The summed E-state index contributed by atoms with van der Waals surface area (Å²) in [7, 11) is 1.60. The number of aryl methyl sites for hydroxylation is 1. The van der Waals surface area contributed by atoms with Crippen molar-refractivity contribution in [2.45, 2.75) is 27.0 Å². The van der Waals surface area contributed by atoms with Gasteiger partial charge >= 0.3 is 5.97 Å². The Bertz CT molecular complexity index is 1710. The summed E-state index contributed by atoms with van der Waals surface area (Å²) in [6.45, 7) is 5.05. The predicted molar refractivity (Wildman–Crippen MR) is 173 cm³/mol. The zero-order chi connectivity index (χ0) is 31.1. The molecule has 224 valence electrons. The van der Waals surface area contributed by atoms with Crippen LogP contribution < -0.4 is 14.2 Å². The zero-order valence-electron chi connectivity index (χ0n) is 24.7. The van der Waals surface area contributed by atoms with Crippen LogP contribution in [0.25, 0.3) is 6.08 Å². The third-order valence-electron chi connectivity index (χ3n) is 6.77. The van der Waals surface area contributed by atoms with Gasteiger partial charge < -0.3 is 19.3 Å². The molecule has 4 aromatic carbocycles. The van der Waals surface area contributed by atoms with Crippen molar-refractivity contribution in [2.75, 3.05) is 13.7 Å². The van der Waals surface area contributed by atoms with E-state index in [1.807, 2.05) is 80.6 Å². The van der Waals surface area contributed by atoms with Crippen LogP contribution in [0, 0.1) is 6.92 Å². The van der Waals surface area contributed by atoms with Gasteiger partial charge in [0.25, 0.3) is 5.91 Å². The van der Waals surface area contributed by atoms with Crippen LogP contribution >= 0.6 is 11.8 Å². The Morgan fingerprint density at radius 1 is 0.932 bits per heavy atom. The van der Waals surface area contributed by atoms with Gasteiger partial charge in [-0.1, -0.05) is 48.0 Å². The Morgan fingerprint density at radius 2 is 1.70 bits per heavy atom. The van der Waals surface area contributed by atoms with Gasteiger partial charge in [-0.2, -0.15) is 0 Å². The van der Waals surface area contributed by atoms with Crippen molar-refractivity contribution in [3.05, 3.63) is 124 Å². The number of benzene rings is 4. The van der Waals surface area contributed by atoms with Crippen molar-refractivity contribution in [3.63, 3.8) is 0 Å². The molecule has 0 aliphatic carbocycles. The molecule has 0 atom stereocenters. The number of thioether (sulfide) groups is 1. The minimum absolute atomic E-state index is 0.181. The number of hydrogen-bond donors (Lipinski definition) is 1.